The van der Waals surface area contributed by atoms with Crippen molar-refractivity contribution in [1.29, 1.82) is 0 Å². The van der Waals surface area contributed by atoms with Crippen LogP contribution in [-0.4, -0.2) is 17.5 Å². The lowest BCUT2D eigenvalue weighted by molar-refractivity contribution is 0.149. The van der Waals surface area contributed by atoms with Crippen LogP contribution in [0.5, 0.6) is 0 Å². The van der Waals surface area contributed by atoms with Gasteiger partial charge in [0.25, 0.3) is 0 Å². The second-order valence-electron chi connectivity index (χ2n) is 6.02. The van der Waals surface area contributed by atoms with Crippen molar-refractivity contribution in [1.82, 2.24) is 4.90 Å². The Kier molecular flexibility index (Phi) is 5.57. The van der Waals surface area contributed by atoms with Crippen molar-refractivity contribution >= 4 is 11.3 Å². The minimum absolute atomic E-state index is 0.269. The minimum atomic E-state index is 0.269. The van der Waals surface area contributed by atoms with E-state index in [1.165, 1.54) is 21.6 Å². The molecular formula is C18H26N2S. The molecule has 0 spiro atoms. The summed E-state index contributed by atoms with van der Waals surface area (Å²) in [4.78, 5) is 3.89. The smallest absolute Gasteiger partial charge is 0.0477 e. The quantitative estimate of drug-likeness (QED) is 0.863. The van der Waals surface area contributed by atoms with Gasteiger partial charge in [-0.15, -0.1) is 11.3 Å². The van der Waals surface area contributed by atoms with E-state index in [2.05, 4.69) is 68.3 Å². The monoisotopic (exact) mass is 302 g/mol. The topological polar surface area (TPSA) is 29.3 Å². The summed E-state index contributed by atoms with van der Waals surface area (Å²) in [7, 11) is 0. The lowest BCUT2D eigenvalue weighted by atomic mass is 9.99. The number of hydrogen-bond acceptors (Lipinski definition) is 3. The maximum Gasteiger partial charge on any atom is 0.0477 e. The van der Waals surface area contributed by atoms with E-state index in [1.54, 1.807) is 0 Å². The number of rotatable bonds is 6. The predicted octanol–water partition coefficient (Wildman–Crippen LogP) is 4.28. The second kappa shape index (κ2) is 7.21. The Bertz CT molecular complexity index is 540. The molecule has 0 saturated carbocycles. The Morgan fingerprint density at radius 3 is 2.29 bits per heavy atom. The highest BCUT2D eigenvalue weighted by molar-refractivity contribution is 7.09. The minimum Gasteiger partial charge on any atom is -0.329 e. The SMILES string of the molecule is Cc1cc(C)cc(C(CN)N(Cc2cccs2)C(C)C)c1. The standard InChI is InChI=1S/C18H26N2S/c1-13(2)20(12-17-6-5-7-21-17)18(11-19)16-9-14(3)8-15(4)10-16/h5-10,13,18H,11-12,19H2,1-4H3. The van der Waals surface area contributed by atoms with Crippen LogP contribution in [0.25, 0.3) is 0 Å². The van der Waals surface area contributed by atoms with Gasteiger partial charge in [0.2, 0.25) is 0 Å². The van der Waals surface area contributed by atoms with Crippen LogP contribution in [0.2, 0.25) is 0 Å². The van der Waals surface area contributed by atoms with E-state index in [0.29, 0.717) is 12.6 Å². The molecule has 0 aliphatic rings. The Morgan fingerprint density at radius 2 is 1.81 bits per heavy atom. The molecule has 0 radical (unpaired) electrons. The molecule has 1 aromatic carbocycles. The van der Waals surface area contributed by atoms with Gasteiger partial charge >= 0.3 is 0 Å². The van der Waals surface area contributed by atoms with Gasteiger partial charge in [0.15, 0.2) is 0 Å². The Morgan fingerprint density at radius 1 is 1.14 bits per heavy atom. The van der Waals surface area contributed by atoms with Crippen LogP contribution in [0.1, 0.15) is 41.5 Å². The van der Waals surface area contributed by atoms with Gasteiger partial charge in [-0.1, -0.05) is 35.4 Å². The van der Waals surface area contributed by atoms with E-state index >= 15 is 0 Å². The van der Waals surface area contributed by atoms with E-state index in [1.807, 2.05) is 11.3 Å². The average molecular weight is 302 g/mol. The Balaban J connectivity index is 2.30. The van der Waals surface area contributed by atoms with Gasteiger partial charge in [-0.3, -0.25) is 4.90 Å². The summed E-state index contributed by atoms with van der Waals surface area (Å²) in [5.74, 6) is 0. The van der Waals surface area contributed by atoms with Crippen molar-refractivity contribution < 1.29 is 0 Å². The zero-order valence-corrected chi connectivity index (χ0v) is 14.3. The first-order valence-electron chi connectivity index (χ1n) is 7.57. The van der Waals surface area contributed by atoms with Crippen LogP contribution < -0.4 is 5.73 Å². The molecule has 1 unspecified atom stereocenters. The van der Waals surface area contributed by atoms with Gasteiger partial charge in [0.05, 0.1) is 0 Å². The average Bonchev–Trinajstić information content (AvgIpc) is 2.90. The Labute approximate surface area is 132 Å². The van der Waals surface area contributed by atoms with E-state index in [-0.39, 0.29) is 6.04 Å². The fourth-order valence-electron chi connectivity index (χ4n) is 2.90. The molecular weight excluding hydrogens is 276 g/mol. The third kappa shape index (κ3) is 4.16. The second-order valence-corrected chi connectivity index (χ2v) is 7.05. The van der Waals surface area contributed by atoms with Gasteiger partial charge in [0.1, 0.15) is 0 Å². The summed E-state index contributed by atoms with van der Waals surface area (Å²) >= 11 is 1.82. The molecule has 2 rings (SSSR count). The summed E-state index contributed by atoms with van der Waals surface area (Å²) in [6, 6.07) is 11.8. The third-order valence-corrected chi connectivity index (χ3v) is 4.70. The maximum absolute atomic E-state index is 6.13. The lowest BCUT2D eigenvalue weighted by Crippen LogP contribution is -2.38. The summed E-state index contributed by atoms with van der Waals surface area (Å²) in [5, 5.41) is 2.14. The van der Waals surface area contributed by atoms with Crippen LogP contribution >= 0.6 is 11.3 Å². The number of nitrogens with two attached hydrogens (primary N) is 1. The number of nitrogens with zero attached hydrogens (tertiary/aromatic N) is 1. The van der Waals surface area contributed by atoms with E-state index in [9.17, 15) is 0 Å². The molecule has 3 heteroatoms. The molecule has 0 aliphatic heterocycles. The van der Waals surface area contributed by atoms with E-state index in [0.717, 1.165) is 6.54 Å². The van der Waals surface area contributed by atoms with Crippen LogP contribution in [0.3, 0.4) is 0 Å². The van der Waals surface area contributed by atoms with Crippen molar-refractivity contribution in [3.63, 3.8) is 0 Å². The first-order valence-corrected chi connectivity index (χ1v) is 8.45. The molecule has 0 bridgehead atoms. The zero-order chi connectivity index (χ0) is 15.4. The molecule has 0 saturated heterocycles. The molecule has 0 aliphatic carbocycles. The molecule has 1 atom stereocenters. The Hall–Kier alpha value is -1.16. The summed E-state index contributed by atoms with van der Waals surface area (Å²) in [6.07, 6.45) is 0. The van der Waals surface area contributed by atoms with Gasteiger partial charge < -0.3 is 5.73 Å². The summed E-state index contributed by atoms with van der Waals surface area (Å²) in [6.45, 7) is 10.4. The van der Waals surface area contributed by atoms with Gasteiger partial charge in [-0.25, -0.2) is 0 Å². The summed E-state index contributed by atoms with van der Waals surface area (Å²) < 4.78 is 0. The van der Waals surface area contributed by atoms with E-state index in [4.69, 9.17) is 5.73 Å². The lowest BCUT2D eigenvalue weighted by Gasteiger charge is -2.34. The molecule has 2 aromatic rings. The molecule has 2 N–H and O–H groups in total. The first kappa shape index (κ1) is 16.2. The van der Waals surface area contributed by atoms with Gasteiger partial charge in [-0.2, -0.15) is 0 Å². The van der Waals surface area contributed by atoms with Crippen LogP contribution in [0.15, 0.2) is 35.7 Å². The van der Waals surface area contributed by atoms with Gasteiger partial charge in [-0.05, 0) is 44.7 Å². The number of aryl methyl sites for hydroxylation is 2. The highest BCUT2D eigenvalue weighted by Gasteiger charge is 2.22. The normalized spacial score (nSPS) is 13.1. The molecule has 1 aromatic heterocycles. The van der Waals surface area contributed by atoms with E-state index < -0.39 is 0 Å². The molecule has 0 fully saturated rings. The highest BCUT2D eigenvalue weighted by Crippen LogP contribution is 2.27. The van der Waals surface area contributed by atoms with Crippen molar-refractivity contribution in [2.45, 2.75) is 46.3 Å². The van der Waals surface area contributed by atoms with Crippen LogP contribution in [0, 0.1) is 13.8 Å². The number of thiophene rings is 1. The predicted molar refractivity (Wildman–Crippen MR) is 92.7 cm³/mol. The zero-order valence-electron chi connectivity index (χ0n) is 13.5. The number of benzene rings is 1. The highest BCUT2D eigenvalue weighted by atomic mass is 32.1. The van der Waals surface area contributed by atoms with Crippen molar-refractivity contribution in [3.8, 4) is 0 Å². The fraction of sp³-hybridized carbons (Fsp3) is 0.444. The number of hydrogen-bond donors (Lipinski definition) is 1. The van der Waals surface area contributed by atoms with Crippen molar-refractivity contribution in [3.05, 3.63) is 57.3 Å². The molecule has 0 amide bonds. The van der Waals surface area contributed by atoms with Crippen LogP contribution in [-0.2, 0) is 6.54 Å². The largest absolute Gasteiger partial charge is 0.329 e. The molecule has 2 nitrogen and oxygen atoms in total. The molecule has 114 valence electrons. The fourth-order valence-corrected chi connectivity index (χ4v) is 3.61. The van der Waals surface area contributed by atoms with Gasteiger partial charge in [0, 0.05) is 30.1 Å². The molecule has 1 heterocycles. The third-order valence-electron chi connectivity index (χ3n) is 3.83. The maximum atomic E-state index is 6.13. The van der Waals surface area contributed by atoms with Crippen molar-refractivity contribution in [2.24, 2.45) is 5.73 Å². The first-order chi connectivity index (χ1) is 10.0. The van der Waals surface area contributed by atoms with Crippen molar-refractivity contribution in [2.75, 3.05) is 6.54 Å². The summed E-state index contributed by atoms with van der Waals surface area (Å²) in [5.41, 5.74) is 10.1. The molecule has 21 heavy (non-hydrogen) atoms. The van der Waals surface area contributed by atoms with Crippen LogP contribution in [0.4, 0.5) is 0 Å².